The molecular weight excluding hydrogens is 475 g/mol. The molecule has 5 aromatic rings. The van der Waals surface area contributed by atoms with Gasteiger partial charge in [-0.05, 0) is 61.6 Å². The van der Waals surface area contributed by atoms with E-state index in [1.807, 2.05) is 35.8 Å². The molecular formula is C27H31FN6OS. The van der Waals surface area contributed by atoms with Crippen molar-refractivity contribution in [3.05, 3.63) is 71.2 Å². The molecule has 1 amide bonds. The van der Waals surface area contributed by atoms with Crippen LogP contribution >= 0.6 is 11.3 Å². The number of hydrogen-bond acceptors (Lipinski definition) is 6. The summed E-state index contributed by atoms with van der Waals surface area (Å²) in [5, 5.41) is 3.62. The summed E-state index contributed by atoms with van der Waals surface area (Å²) in [5.41, 5.74) is 7.05. The number of H-pyrrole nitrogens is 1. The van der Waals surface area contributed by atoms with Gasteiger partial charge in [0.1, 0.15) is 23.6 Å². The van der Waals surface area contributed by atoms with Gasteiger partial charge in [0, 0.05) is 33.7 Å². The number of hydrogen-bond donors (Lipinski definition) is 2. The lowest BCUT2D eigenvalue weighted by Gasteiger charge is -2.27. The summed E-state index contributed by atoms with van der Waals surface area (Å²) in [6, 6.07) is 13.3. The van der Waals surface area contributed by atoms with Crippen LogP contribution in [0.2, 0.25) is 0 Å². The molecule has 36 heavy (non-hydrogen) atoms. The Bertz CT molecular complexity index is 1500. The average molecular weight is 507 g/mol. The van der Waals surface area contributed by atoms with Crippen molar-refractivity contribution in [2.75, 3.05) is 18.0 Å². The van der Waals surface area contributed by atoms with Crippen molar-refractivity contribution in [3.8, 4) is 11.3 Å². The number of aromatic amines is 1. The van der Waals surface area contributed by atoms with Crippen LogP contribution in [0.5, 0.6) is 0 Å². The molecule has 3 aromatic heterocycles. The number of carbonyl (C=O) groups is 1. The van der Waals surface area contributed by atoms with Gasteiger partial charge in [0.2, 0.25) is 6.41 Å². The van der Waals surface area contributed by atoms with Crippen molar-refractivity contribution in [2.45, 2.75) is 32.7 Å². The van der Waals surface area contributed by atoms with E-state index in [0.717, 1.165) is 52.3 Å². The van der Waals surface area contributed by atoms with Crippen molar-refractivity contribution < 1.29 is 12.0 Å². The van der Waals surface area contributed by atoms with Gasteiger partial charge in [0.15, 0.2) is 0 Å². The van der Waals surface area contributed by atoms with Crippen molar-refractivity contribution in [1.82, 2.24) is 25.3 Å². The Hall–Kier alpha value is -3.85. The molecule has 2 aromatic carbocycles. The van der Waals surface area contributed by atoms with Crippen LogP contribution in [0.25, 0.3) is 32.5 Å². The van der Waals surface area contributed by atoms with Crippen LogP contribution in [0.1, 0.15) is 33.2 Å². The maximum absolute atomic E-state index is 13.8. The largest absolute Gasteiger partial charge is 0.356 e. The quantitative estimate of drug-likeness (QED) is 0.281. The molecule has 6 rings (SSSR count). The predicted molar refractivity (Wildman–Crippen MR) is 147 cm³/mol. The number of rotatable bonds is 5. The Morgan fingerprint density at radius 1 is 1.11 bits per heavy atom. The van der Waals surface area contributed by atoms with Crippen LogP contribution in [0.15, 0.2) is 54.3 Å². The minimum atomic E-state index is -0.191. The zero-order valence-corrected chi connectivity index (χ0v) is 20.8. The first-order valence-corrected chi connectivity index (χ1v) is 12.8. The van der Waals surface area contributed by atoms with Crippen LogP contribution in [0.3, 0.4) is 0 Å². The normalized spacial score (nSPS) is 13.4. The molecule has 4 heterocycles. The van der Waals surface area contributed by atoms with Gasteiger partial charge in [-0.25, -0.2) is 19.3 Å². The standard InChI is InChI=1S/C18H19FN4.C9H8N2OS.2H2/c1-12-5-6-13(9-15(12)19)16-10-14-17(22-16)20-11-21-18(14)23-7-3-2-4-8-23;12-5-10-4-7-1-2-9-8(3-7)11-6-13-9;;/h5-6,9-11H,2-4,7-8H2,1H3,(H,20,21,22);1-3,5-6H,4H2,(H,10,12);2*1H. The van der Waals surface area contributed by atoms with E-state index in [2.05, 4.69) is 30.2 Å². The molecule has 1 fully saturated rings. The lowest BCUT2D eigenvalue weighted by Crippen LogP contribution is -2.30. The number of fused-ring (bicyclic) bond motifs is 2. The van der Waals surface area contributed by atoms with Crippen LogP contribution < -0.4 is 10.2 Å². The number of nitrogens with one attached hydrogen (secondary N) is 2. The average Bonchev–Trinajstić information content (AvgIpc) is 3.56. The first-order chi connectivity index (χ1) is 17.6. The molecule has 7 nitrogen and oxygen atoms in total. The van der Waals surface area contributed by atoms with Gasteiger partial charge in [-0.2, -0.15) is 0 Å². The SMILES string of the molecule is Cc1ccc(-c2cc3c(N4CCCCC4)ncnc3[nH]2)cc1F.O=CNCc1ccc2scnc2c1.[HH].[HH]. The molecule has 0 saturated carbocycles. The topological polar surface area (TPSA) is 86.8 Å². The van der Waals surface area contributed by atoms with Gasteiger partial charge >= 0.3 is 0 Å². The van der Waals surface area contributed by atoms with E-state index in [4.69, 9.17) is 0 Å². The van der Waals surface area contributed by atoms with Crippen molar-refractivity contribution in [3.63, 3.8) is 0 Å². The number of aromatic nitrogens is 4. The Morgan fingerprint density at radius 3 is 2.78 bits per heavy atom. The Labute approximate surface area is 215 Å². The zero-order valence-electron chi connectivity index (χ0n) is 20.0. The van der Waals surface area contributed by atoms with E-state index >= 15 is 0 Å². The Kier molecular flexibility index (Phi) is 7.18. The summed E-state index contributed by atoms with van der Waals surface area (Å²) >= 11 is 1.62. The van der Waals surface area contributed by atoms with E-state index in [0.29, 0.717) is 18.5 Å². The van der Waals surface area contributed by atoms with E-state index in [9.17, 15) is 9.18 Å². The monoisotopic (exact) mass is 506 g/mol. The third kappa shape index (κ3) is 5.21. The molecule has 0 bridgehead atoms. The van der Waals surface area contributed by atoms with Gasteiger partial charge in [0.25, 0.3) is 0 Å². The number of amides is 1. The fraction of sp³-hybridized carbons (Fsp3) is 0.259. The van der Waals surface area contributed by atoms with Gasteiger partial charge < -0.3 is 15.2 Å². The number of piperidine rings is 1. The molecule has 1 saturated heterocycles. The van der Waals surface area contributed by atoms with Crippen molar-refractivity contribution >= 4 is 44.8 Å². The molecule has 0 radical (unpaired) electrons. The molecule has 0 unspecified atom stereocenters. The highest BCUT2D eigenvalue weighted by atomic mass is 32.1. The number of anilines is 1. The predicted octanol–water partition coefficient (Wildman–Crippen LogP) is 6.10. The minimum Gasteiger partial charge on any atom is -0.356 e. The maximum atomic E-state index is 13.8. The first-order valence-electron chi connectivity index (χ1n) is 12.0. The van der Waals surface area contributed by atoms with E-state index < -0.39 is 0 Å². The molecule has 9 heteroatoms. The highest BCUT2D eigenvalue weighted by Gasteiger charge is 2.17. The highest BCUT2D eigenvalue weighted by molar-refractivity contribution is 7.16. The molecule has 1 aliphatic rings. The van der Waals surface area contributed by atoms with Gasteiger partial charge in [0.05, 0.1) is 21.1 Å². The van der Waals surface area contributed by atoms with E-state index in [1.165, 1.54) is 24.0 Å². The third-order valence-electron chi connectivity index (χ3n) is 6.33. The Balaban J connectivity index is 0.000000229. The highest BCUT2D eigenvalue weighted by Crippen LogP contribution is 2.30. The lowest BCUT2D eigenvalue weighted by molar-refractivity contribution is -0.109. The minimum absolute atomic E-state index is 0. The van der Waals surface area contributed by atoms with Crippen molar-refractivity contribution in [1.29, 1.82) is 0 Å². The first kappa shape index (κ1) is 23.9. The summed E-state index contributed by atoms with van der Waals surface area (Å²) in [5.74, 6) is 0.785. The van der Waals surface area contributed by atoms with Crippen molar-refractivity contribution in [2.24, 2.45) is 0 Å². The molecule has 1 aliphatic heterocycles. The number of benzene rings is 2. The third-order valence-corrected chi connectivity index (χ3v) is 7.14. The number of nitrogens with zero attached hydrogens (tertiary/aromatic N) is 4. The second-order valence-corrected chi connectivity index (χ2v) is 9.69. The summed E-state index contributed by atoms with van der Waals surface area (Å²) in [6.45, 7) is 4.40. The van der Waals surface area contributed by atoms with Gasteiger partial charge in [-0.15, -0.1) is 11.3 Å². The number of thiazole rings is 1. The molecule has 2 N–H and O–H groups in total. The second kappa shape index (κ2) is 10.8. The van der Waals surface area contributed by atoms with Crippen LogP contribution in [-0.4, -0.2) is 39.4 Å². The number of halogens is 1. The summed E-state index contributed by atoms with van der Waals surface area (Å²) < 4.78 is 15.0. The fourth-order valence-electron chi connectivity index (χ4n) is 4.37. The molecule has 0 atom stereocenters. The molecule has 0 aliphatic carbocycles. The summed E-state index contributed by atoms with van der Waals surface area (Å²) in [6.07, 6.45) is 5.98. The van der Waals surface area contributed by atoms with E-state index in [-0.39, 0.29) is 8.67 Å². The van der Waals surface area contributed by atoms with Gasteiger partial charge in [-0.3, -0.25) is 4.79 Å². The Morgan fingerprint density at radius 2 is 1.97 bits per heavy atom. The number of aryl methyl sites for hydroxylation is 1. The molecule has 0 spiro atoms. The maximum Gasteiger partial charge on any atom is 0.207 e. The van der Waals surface area contributed by atoms with E-state index in [1.54, 1.807) is 36.7 Å². The summed E-state index contributed by atoms with van der Waals surface area (Å²) in [4.78, 5) is 28.7. The van der Waals surface area contributed by atoms with Crippen LogP contribution in [0, 0.1) is 12.7 Å². The second-order valence-electron chi connectivity index (χ2n) is 8.81. The zero-order chi connectivity index (χ0) is 24.9. The molecule has 188 valence electrons. The van der Waals surface area contributed by atoms with Gasteiger partial charge in [-0.1, -0.05) is 18.2 Å². The van der Waals surface area contributed by atoms with Crippen LogP contribution in [0.4, 0.5) is 10.2 Å². The summed E-state index contributed by atoms with van der Waals surface area (Å²) in [7, 11) is 0. The fourth-order valence-corrected chi connectivity index (χ4v) is 5.03. The smallest absolute Gasteiger partial charge is 0.207 e. The van der Waals surface area contributed by atoms with Crippen LogP contribution in [-0.2, 0) is 11.3 Å². The number of carbonyl (C=O) groups excluding carboxylic acids is 1. The lowest BCUT2D eigenvalue weighted by atomic mass is 10.1.